The van der Waals surface area contributed by atoms with E-state index >= 15 is 0 Å². The molecule has 0 spiro atoms. The Labute approximate surface area is 207 Å². The quantitative estimate of drug-likeness (QED) is 0.164. The maximum absolute atomic E-state index is 13.1. The molecule has 0 atom stereocenters. The lowest BCUT2D eigenvalue weighted by atomic mass is 9.94. The van der Waals surface area contributed by atoms with E-state index in [1.807, 2.05) is 0 Å². The summed E-state index contributed by atoms with van der Waals surface area (Å²) in [6.07, 6.45) is 0.715. The molecule has 0 radical (unpaired) electrons. The number of nitrogens with two attached hydrogens (primary N) is 1. The van der Waals surface area contributed by atoms with Crippen molar-refractivity contribution >= 4 is 45.1 Å². The zero-order valence-electron chi connectivity index (χ0n) is 19.3. The number of rotatable bonds is 6. The minimum absolute atomic E-state index is 0.0506. The average Bonchev–Trinajstić information content (AvgIpc) is 2.78. The third kappa shape index (κ3) is 8.34. The van der Waals surface area contributed by atoms with Gasteiger partial charge in [0.25, 0.3) is 16.0 Å². The van der Waals surface area contributed by atoms with E-state index in [2.05, 4.69) is 10.6 Å². The molecule has 2 amide bonds. The normalized spacial score (nSPS) is 10.4. The molecule has 0 heterocycles. The van der Waals surface area contributed by atoms with E-state index in [1.54, 1.807) is 54.6 Å². The predicted octanol–water partition coefficient (Wildman–Crippen LogP) is 3.05. The molecule has 36 heavy (non-hydrogen) atoms. The number of benzene rings is 3. The first-order valence-electron chi connectivity index (χ1n) is 10.2. The second-order valence-electron chi connectivity index (χ2n) is 7.47. The highest BCUT2D eigenvalue weighted by Gasteiger charge is 2.19. The third-order valence-corrected chi connectivity index (χ3v) is 4.49. The van der Waals surface area contributed by atoms with Crippen LogP contribution in [0.2, 0.25) is 0 Å². The fraction of sp³-hybridized carbons (Fsp3) is 0.0833. The second kappa shape index (κ2) is 11.7. The molecule has 0 aliphatic carbocycles. The summed E-state index contributed by atoms with van der Waals surface area (Å²) in [6.45, 7) is 1.35. The van der Waals surface area contributed by atoms with Gasteiger partial charge < -0.3 is 21.5 Å². The summed E-state index contributed by atoms with van der Waals surface area (Å²) in [4.78, 5) is 36.2. The number of hydrogen-bond donors (Lipinski definition) is 6. The molecule has 0 aliphatic heterocycles. The lowest BCUT2D eigenvalue weighted by Crippen LogP contribution is -2.16. The van der Waals surface area contributed by atoms with E-state index < -0.39 is 22.0 Å². The highest BCUT2D eigenvalue weighted by atomic mass is 32.2. The fourth-order valence-corrected chi connectivity index (χ4v) is 3.08. The molecule has 0 unspecified atom stereocenters. The molecule has 11 nitrogen and oxygen atoms in total. The first-order valence-corrected chi connectivity index (χ1v) is 12.0. The smallest absolute Gasteiger partial charge is 0.336 e. The van der Waals surface area contributed by atoms with Gasteiger partial charge in [0.05, 0.1) is 11.8 Å². The zero-order valence-corrected chi connectivity index (χ0v) is 20.1. The van der Waals surface area contributed by atoms with Gasteiger partial charge in [-0.3, -0.25) is 19.6 Å². The molecule has 0 aromatic heterocycles. The van der Waals surface area contributed by atoms with Gasteiger partial charge in [0.1, 0.15) is 5.84 Å². The Morgan fingerprint density at radius 3 is 1.92 bits per heavy atom. The van der Waals surface area contributed by atoms with Gasteiger partial charge in [0.15, 0.2) is 0 Å². The van der Waals surface area contributed by atoms with E-state index in [1.165, 1.54) is 19.1 Å². The van der Waals surface area contributed by atoms with Crippen LogP contribution in [0.5, 0.6) is 0 Å². The molecule has 0 bridgehead atoms. The average molecular weight is 513 g/mol. The standard InChI is InChI=1S/C23H20N4O4.CH4O3S/c1-13(28)26-16-10-11-18(17-4-2-3-5-19(17)23(30)31)20(12-16)22(29)27-15-8-6-14(7-9-15)21(24)25;1-5(2,3)4/h2-12H,1H3,(H3,24,25)(H,26,28)(H,27,29)(H,30,31);1H3,(H,2,3,4). The molecule has 188 valence electrons. The summed E-state index contributed by atoms with van der Waals surface area (Å²) >= 11 is 0. The van der Waals surface area contributed by atoms with Crippen LogP contribution >= 0.6 is 0 Å². The van der Waals surface area contributed by atoms with E-state index in [0.29, 0.717) is 34.3 Å². The van der Waals surface area contributed by atoms with Crippen LogP contribution < -0.4 is 16.4 Å². The molecule has 3 rings (SSSR count). The summed E-state index contributed by atoms with van der Waals surface area (Å²) in [5.74, 6) is -2.00. The Bertz CT molecular complexity index is 1410. The summed E-state index contributed by atoms with van der Waals surface area (Å²) in [6, 6.07) is 17.5. The highest BCUT2D eigenvalue weighted by Crippen LogP contribution is 2.30. The number of carboxylic acid groups (broad SMARTS) is 1. The molecule has 0 saturated carbocycles. The van der Waals surface area contributed by atoms with Gasteiger partial charge in [-0.05, 0) is 53.6 Å². The summed E-state index contributed by atoms with van der Waals surface area (Å²) < 4.78 is 25.9. The minimum atomic E-state index is -3.67. The van der Waals surface area contributed by atoms with E-state index in [4.69, 9.17) is 15.7 Å². The van der Waals surface area contributed by atoms with Crippen molar-refractivity contribution in [3.8, 4) is 11.1 Å². The van der Waals surface area contributed by atoms with Crippen LogP contribution in [-0.4, -0.2) is 48.0 Å². The number of amides is 2. The second-order valence-corrected chi connectivity index (χ2v) is 8.94. The van der Waals surface area contributed by atoms with Crippen LogP contribution in [0.4, 0.5) is 11.4 Å². The number of carbonyl (C=O) groups excluding carboxylic acids is 2. The van der Waals surface area contributed by atoms with E-state index in [0.717, 1.165) is 0 Å². The van der Waals surface area contributed by atoms with Crippen molar-refractivity contribution in [2.24, 2.45) is 5.73 Å². The van der Waals surface area contributed by atoms with Crippen molar-refractivity contribution in [2.75, 3.05) is 16.9 Å². The molecule has 0 fully saturated rings. The zero-order chi connectivity index (χ0) is 27.0. The van der Waals surface area contributed by atoms with Gasteiger partial charge in [0.2, 0.25) is 5.91 Å². The number of carbonyl (C=O) groups is 3. The van der Waals surface area contributed by atoms with E-state index in [9.17, 15) is 27.9 Å². The number of amidine groups is 1. The van der Waals surface area contributed by atoms with Crippen LogP contribution in [0.25, 0.3) is 11.1 Å². The van der Waals surface area contributed by atoms with Crippen LogP contribution in [0.15, 0.2) is 66.7 Å². The largest absolute Gasteiger partial charge is 0.478 e. The van der Waals surface area contributed by atoms with Crippen molar-refractivity contribution in [1.82, 2.24) is 0 Å². The molecule has 3 aromatic rings. The minimum Gasteiger partial charge on any atom is -0.478 e. The number of anilines is 2. The maximum atomic E-state index is 13.1. The number of nitrogens with one attached hydrogen (secondary N) is 3. The molecule has 3 aromatic carbocycles. The first-order chi connectivity index (χ1) is 16.8. The summed E-state index contributed by atoms with van der Waals surface area (Å²) in [5, 5.41) is 22.4. The van der Waals surface area contributed by atoms with Crippen LogP contribution in [0.1, 0.15) is 33.2 Å². The van der Waals surface area contributed by atoms with Crippen LogP contribution in [-0.2, 0) is 14.9 Å². The van der Waals surface area contributed by atoms with Gasteiger partial charge in [-0.2, -0.15) is 8.42 Å². The molecule has 7 N–H and O–H groups in total. The molecule has 0 saturated heterocycles. The van der Waals surface area contributed by atoms with Crippen LogP contribution in [0.3, 0.4) is 0 Å². The van der Waals surface area contributed by atoms with E-state index in [-0.39, 0.29) is 22.9 Å². The van der Waals surface area contributed by atoms with Gasteiger partial charge in [-0.15, -0.1) is 0 Å². The fourth-order valence-electron chi connectivity index (χ4n) is 3.08. The monoisotopic (exact) mass is 512 g/mol. The summed E-state index contributed by atoms with van der Waals surface area (Å²) in [5.41, 5.74) is 7.86. The predicted molar refractivity (Wildman–Crippen MR) is 136 cm³/mol. The first kappa shape index (κ1) is 27.7. The van der Waals surface area contributed by atoms with Crippen molar-refractivity contribution in [3.63, 3.8) is 0 Å². The molecular weight excluding hydrogens is 488 g/mol. The lowest BCUT2D eigenvalue weighted by Gasteiger charge is -2.14. The van der Waals surface area contributed by atoms with Gasteiger partial charge in [-0.1, -0.05) is 24.3 Å². The van der Waals surface area contributed by atoms with Crippen molar-refractivity contribution in [3.05, 3.63) is 83.4 Å². The number of aromatic carboxylic acids is 1. The highest BCUT2D eigenvalue weighted by molar-refractivity contribution is 7.85. The number of nitrogen functional groups attached to an aromatic ring is 1. The Hall–Kier alpha value is -4.55. The van der Waals surface area contributed by atoms with Crippen molar-refractivity contribution in [1.29, 1.82) is 5.41 Å². The third-order valence-electron chi connectivity index (χ3n) is 4.49. The van der Waals surface area contributed by atoms with Crippen molar-refractivity contribution < 1.29 is 32.5 Å². The summed E-state index contributed by atoms with van der Waals surface area (Å²) in [7, 11) is -3.67. The van der Waals surface area contributed by atoms with Crippen LogP contribution in [0, 0.1) is 5.41 Å². The topological polar surface area (TPSA) is 200 Å². The molecular formula is C24H24N4O7S. The lowest BCUT2D eigenvalue weighted by molar-refractivity contribution is -0.114. The molecule has 0 aliphatic rings. The number of carboxylic acids is 1. The number of hydrogen-bond acceptors (Lipinski definition) is 6. The van der Waals surface area contributed by atoms with Gasteiger partial charge >= 0.3 is 5.97 Å². The Morgan fingerprint density at radius 1 is 0.861 bits per heavy atom. The Kier molecular flexibility index (Phi) is 9.02. The van der Waals surface area contributed by atoms with Crippen molar-refractivity contribution in [2.45, 2.75) is 6.92 Å². The van der Waals surface area contributed by atoms with Gasteiger partial charge in [-0.25, -0.2) is 4.79 Å². The molecule has 12 heteroatoms. The maximum Gasteiger partial charge on any atom is 0.336 e. The Balaban J connectivity index is 0.000000830. The van der Waals surface area contributed by atoms with Gasteiger partial charge in [0, 0.05) is 29.4 Å². The SMILES string of the molecule is CC(=O)Nc1ccc(-c2ccccc2C(=O)O)c(C(=O)Nc2ccc(C(=N)N)cc2)c1.CS(=O)(=O)O. The Morgan fingerprint density at radius 2 is 1.39 bits per heavy atom.